The Kier molecular flexibility index (Phi) is 9.44. The van der Waals surface area contributed by atoms with Crippen LogP contribution in [0.5, 0.6) is 11.5 Å². The number of hydrogen-bond acceptors (Lipinski definition) is 9. The van der Waals surface area contributed by atoms with Crippen LogP contribution in [0, 0.1) is 0 Å². The number of fused-ring (bicyclic) bond motifs is 2. The van der Waals surface area contributed by atoms with Crippen LogP contribution in [0.4, 0.5) is 16.2 Å². The van der Waals surface area contributed by atoms with Gasteiger partial charge in [0.15, 0.2) is 0 Å². The van der Waals surface area contributed by atoms with Gasteiger partial charge in [-0.05, 0) is 83.9 Å². The number of allylic oxidation sites excluding steroid dienone is 2. The monoisotopic (exact) mass is 742 g/mol. The Labute approximate surface area is 295 Å². The maximum atomic E-state index is 13.1. The fraction of sp³-hybridized carbons (Fsp3) is 0.0571. The van der Waals surface area contributed by atoms with Crippen LogP contribution < -0.4 is 10.6 Å². The maximum absolute atomic E-state index is 13.1. The molecule has 4 amide bonds. The van der Waals surface area contributed by atoms with Crippen molar-refractivity contribution in [2.75, 3.05) is 10.6 Å². The van der Waals surface area contributed by atoms with E-state index in [2.05, 4.69) is 20.6 Å². The first-order chi connectivity index (χ1) is 24.5. The highest BCUT2D eigenvalue weighted by Gasteiger charge is 2.27. The number of phenolic OH excluding ortho intramolecular Hbond substituents is 2. The number of aliphatic imine (C=N–C) groups is 2. The van der Waals surface area contributed by atoms with E-state index in [-0.39, 0.29) is 69.4 Å². The predicted molar refractivity (Wildman–Crippen MR) is 192 cm³/mol. The van der Waals surface area contributed by atoms with Gasteiger partial charge in [-0.25, -0.2) is 14.8 Å². The molecule has 264 valence electrons. The number of hydrogen-bond donors (Lipinski definition) is 6. The molecule has 0 radical (unpaired) electrons. The molecule has 0 bridgehead atoms. The van der Waals surface area contributed by atoms with E-state index in [1.165, 1.54) is 84.9 Å². The first-order valence-corrected chi connectivity index (χ1v) is 18.0. The van der Waals surface area contributed by atoms with E-state index in [4.69, 9.17) is 0 Å². The fourth-order valence-corrected chi connectivity index (χ4v) is 7.07. The number of amides is 4. The number of phenols is 2. The Bertz CT molecular complexity index is 2380. The molecule has 0 saturated heterocycles. The summed E-state index contributed by atoms with van der Waals surface area (Å²) in [5, 5.41) is 24.7. The molecular formula is C35H26N4O11S2. The predicted octanol–water partition coefficient (Wildman–Crippen LogP) is 4.87. The summed E-state index contributed by atoms with van der Waals surface area (Å²) >= 11 is 0. The lowest BCUT2D eigenvalue weighted by Crippen LogP contribution is -2.20. The maximum Gasteiger partial charge on any atom is 0.323 e. The second kappa shape index (κ2) is 13.8. The molecule has 0 aromatic heterocycles. The molecular weight excluding hydrogens is 717 g/mol. The van der Waals surface area contributed by atoms with Gasteiger partial charge < -0.3 is 20.8 Å². The number of carbonyl (C=O) groups excluding carboxylic acids is 3. The van der Waals surface area contributed by atoms with Crippen molar-refractivity contribution in [1.82, 2.24) is 0 Å². The van der Waals surface area contributed by atoms with Gasteiger partial charge in [0, 0.05) is 46.5 Å². The minimum Gasteiger partial charge on any atom is -0.508 e. The van der Waals surface area contributed by atoms with Gasteiger partial charge in [0.25, 0.3) is 32.1 Å². The first-order valence-electron chi connectivity index (χ1n) is 15.1. The van der Waals surface area contributed by atoms with E-state index in [1.54, 1.807) is 0 Å². The molecule has 6 rings (SSSR count). The Hall–Kier alpha value is -6.27. The number of benzene rings is 4. The van der Waals surface area contributed by atoms with Crippen LogP contribution in [0.2, 0.25) is 0 Å². The van der Waals surface area contributed by atoms with Crippen molar-refractivity contribution in [3.05, 3.63) is 130 Å². The summed E-state index contributed by atoms with van der Waals surface area (Å²) in [7, 11) is -9.45. The van der Waals surface area contributed by atoms with Crippen LogP contribution in [0.3, 0.4) is 0 Å². The molecule has 0 fully saturated rings. The quantitative estimate of drug-likeness (QED) is 0.145. The molecule has 0 spiro atoms. The fourth-order valence-electron chi connectivity index (χ4n) is 5.56. The van der Waals surface area contributed by atoms with Crippen molar-refractivity contribution < 1.29 is 50.5 Å². The lowest BCUT2D eigenvalue weighted by molar-refractivity contribution is 0.0994. The molecule has 4 aromatic rings. The van der Waals surface area contributed by atoms with E-state index in [9.17, 15) is 50.5 Å². The van der Waals surface area contributed by atoms with Crippen molar-refractivity contribution in [3.8, 4) is 11.5 Å². The molecule has 0 aliphatic heterocycles. The molecule has 0 saturated carbocycles. The third kappa shape index (κ3) is 8.03. The van der Waals surface area contributed by atoms with Crippen LogP contribution in [0.1, 0.15) is 43.0 Å². The summed E-state index contributed by atoms with van der Waals surface area (Å²) in [5.74, 6) is -1.96. The van der Waals surface area contributed by atoms with Gasteiger partial charge in [0.1, 0.15) is 21.3 Å². The summed E-state index contributed by atoms with van der Waals surface area (Å²) in [6, 6.07) is 18.7. The summed E-state index contributed by atoms with van der Waals surface area (Å²) in [6.07, 6.45) is 2.17. The Morgan fingerprint density at radius 3 is 1.37 bits per heavy atom. The topological polar surface area (TPSA) is 249 Å². The standard InChI is InChI=1S/C35H26N4O11S2/c40-27-9-7-19-11-25(15-31(29(19)17-27)51(45,46)47)36-33(42)21-3-1-5-23(13-21)38-35(44)39-24-6-2-4-22(14-24)34(43)37-26-12-20-8-10-28(41)18-30(20)32(16-26)52(48,49)50/h1-10,13-18,40-41H,11-12H2,(H2,38,39,44)(H,45,46,47)(H,48,49,50). The third-order valence-corrected chi connectivity index (χ3v) is 9.62. The SMILES string of the molecule is O=C(Nc1cccc(C(=O)N=C2C=C(S(=O)(=O)O)c3cc(O)ccc3C2)c1)Nc1cccc(C(=O)N=C2C=C(S(=O)(=O)O)c3cc(O)ccc3C2)c1. The molecule has 4 aromatic carbocycles. The van der Waals surface area contributed by atoms with E-state index >= 15 is 0 Å². The molecule has 15 nitrogen and oxygen atoms in total. The second-order valence-corrected chi connectivity index (χ2v) is 14.3. The zero-order chi connectivity index (χ0) is 37.4. The van der Waals surface area contributed by atoms with Crippen LogP contribution in [0.15, 0.2) is 107 Å². The smallest absolute Gasteiger partial charge is 0.323 e. The molecule has 2 aliphatic carbocycles. The number of urea groups is 1. The van der Waals surface area contributed by atoms with Crippen molar-refractivity contribution >= 4 is 70.7 Å². The van der Waals surface area contributed by atoms with Crippen molar-refractivity contribution in [1.29, 1.82) is 0 Å². The third-order valence-electron chi connectivity index (χ3n) is 7.84. The van der Waals surface area contributed by atoms with Gasteiger partial charge in [-0.3, -0.25) is 18.7 Å². The number of carbonyl (C=O) groups is 3. The van der Waals surface area contributed by atoms with E-state index in [0.717, 1.165) is 12.2 Å². The average Bonchev–Trinajstić information content (AvgIpc) is 3.07. The van der Waals surface area contributed by atoms with Crippen molar-refractivity contribution in [3.63, 3.8) is 0 Å². The van der Waals surface area contributed by atoms with E-state index in [0.29, 0.717) is 11.1 Å². The zero-order valence-corrected chi connectivity index (χ0v) is 28.1. The van der Waals surface area contributed by atoms with Gasteiger partial charge in [-0.15, -0.1) is 0 Å². The first kappa shape index (κ1) is 35.6. The largest absolute Gasteiger partial charge is 0.508 e. The van der Waals surface area contributed by atoms with Crippen LogP contribution >= 0.6 is 0 Å². The van der Waals surface area contributed by atoms with Crippen molar-refractivity contribution in [2.45, 2.75) is 12.8 Å². The van der Waals surface area contributed by atoms with Crippen LogP contribution in [-0.4, -0.2) is 65.4 Å². The highest BCUT2D eigenvalue weighted by molar-refractivity contribution is 7.95. The zero-order valence-electron chi connectivity index (χ0n) is 26.5. The van der Waals surface area contributed by atoms with E-state index < -0.39 is 47.9 Å². The molecule has 17 heteroatoms. The lowest BCUT2D eigenvalue weighted by Gasteiger charge is -2.17. The number of nitrogens with zero attached hydrogens (tertiary/aromatic N) is 2. The normalized spacial score (nSPS) is 15.6. The summed E-state index contributed by atoms with van der Waals surface area (Å²) in [5.41, 5.74) is 1.53. The van der Waals surface area contributed by atoms with Crippen LogP contribution in [-0.2, 0) is 33.1 Å². The molecule has 6 N–H and O–H groups in total. The Balaban J connectivity index is 1.15. The lowest BCUT2D eigenvalue weighted by atomic mass is 9.95. The summed E-state index contributed by atoms with van der Waals surface area (Å²) < 4.78 is 67.6. The van der Waals surface area contributed by atoms with Crippen LogP contribution in [0.25, 0.3) is 9.81 Å². The Morgan fingerprint density at radius 2 is 0.981 bits per heavy atom. The van der Waals surface area contributed by atoms with Gasteiger partial charge in [0.05, 0.1) is 11.4 Å². The summed E-state index contributed by atoms with van der Waals surface area (Å²) in [4.78, 5) is 46.0. The number of nitrogens with one attached hydrogen (secondary N) is 2. The number of anilines is 2. The van der Waals surface area contributed by atoms with Gasteiger partial charge in [-0.1, -0.05) is 24.3 Å². The second-order valence-electron chi connectivity index (χ2n) is 11.6. The number of rotatable bonds is 6. The molecule has 2 aliphatic rings. The van der Waals surface area contributed by atoms with Crippen molar-refractivity contribution in [2.24, 2.45) is 9.98 Å². The molecule has 52 heavy (non-hydrogen) atoms. The highest BCUT2D eigenvalue weighted by atomic mass is 32.2. The summed E-state index contributed by atoms with van der Waals surface area (Å²) in [6.45, 7) is 0. The van der Waals surface area contributed by atoms with Gasteiger partial charge >= 0.3 is 6.03 Å². The van der Waals surface area contributed by atoms with Gasteiger partial charge in [0.2, 0.25) is 0 Å². The average molecular weight is 743 g/mol. The minimum atomic E-state index is -4.73. The highest BCUT2D eigenvalue weighted by Crippen LogP contribution is 2.33. The Morgan fingerprint density at radius 1 is 0.577 bits per heavy atom. The molecule has 0 atom stereocenters. The van der Waals surface area contributed by atoms with Gasteiger partial charge in [-0.2, -0.15) is 16.8 Å². The van der Waals surface area contributed by atoms with E-state index in [1.807, 2.05) is 0 Å². The molecule has 0 unspecified atom stereocenters. The number of aromatic hydroxyl groups is 2. The molecule has 0 heterocycles. The minimum absolute atomic E-state index is 0.0370.